The van der Waals surface area contributed by atoms with E-state index in [0.717, 1.165) is 5.56 Å². The van der Waals surface area contributed by atoms with Gasteiger partial charge < -0.3 is 16.0 Å². The lowest BCUT2D eigenvalue weighted by Crippen LogP contribution is -2.44. The van der Waals surface area contributed by atoms with Crippen molar-refractivity contribution in [3.05, 3.63) is 35.9 Å². The Morgan fingerprint density at radius 1 is 1.42 bits per heavy atom. The van der Waals surface area contributed by atoms with Crippen LogP contribution in [-0.2, 0) is 9.59 Å². The Balaban J connectivity index is 0.00000180. The van der Waals surface area contributed by atoms with Crippen LogP contribution in [0.5, 0.6) is 0 Å². The molecule has 1 aromatic rings. The SMILES string of the molecule is CN1CCC(NC(=O)C(N)c2ccccc2)C1=O.Cl. The molecule has 1 aliphatic heterocycles. The summed E-state index contributed by atoms with van der Waals surface area (Å²) in [4.78, 5) is 25.2. The number of nitrogens with one attached hydrogen (secondary N) is 1. The van der Waals surface area contributed by atoms with Gasteiger partial charge in [0.1, 0.15) is 12.1 Å². The van der Waals surface area contributed by atoms with E-state index in [1.807, 2.05) is 18.2 Å². The van der Waals surface area contributed by atoms with Crippen molar-refractivity contribution in [3.8, 4) is 0 Å². The van der Waals surface area contributed by atoms with Gasteiger partial charge in [-0.25, -0.2) is 0 Å². The largest absolute Gasteiger partial charge is 0.344 e. The fraction of sp³-hybridized carbons (Fsp3) is 0.385. The standard InChI is InChI=1S/C13H17N3O2.ClH/c1-16-8-7-10(13(16)18)15-12(17)11(14)9-5-3-2-4-6-9;/h2-6,10-11H,7-8,14H2,1H3,(H,15,17);1H. The average molecular weight is 284 g/mol. The first-order valence-electron chi connectivity index (χ1n) is 5.95. The molecule has 19 heavy (non-hydrogen) atoms. The van der Waals surface area contributed by atoms with Crippen molar-refractivity contribution >= 4 is 24.2 Å². The molecule has 1 aromatic carbocycles. The Hall–Kier alpha value is -1.59. The molecule has 1 heterocycles. The third kappa shape index (κ3) is 3.45. The normalized spacial score (nSPS) is 19.8. The summed E-state index contributed by atoms with van der Waals surface area (Å²) in [7, 11) is 1.73. The molecule has 1 saturated heterocycles. The number of halogens is 1. The fourth-order valence-electron chi connectivity index (χ4n) is 2.03. The number of carbonyl (C=O) groups is 2. The number of hydrogen-bond donors (Lipinski definition) is 2. The van der Waals surface area contributed by atoms with E-state index in [1.54, 1.807) is 24.1 Å². The summed E-state index contributed by atoms with van der Waals surface area (Å²) in [5.74, 6) is -0.363. The molecule has 0 radical (unpaired) electrons. The minimum Gasteiger partial charge on any atom is -0.344 e. The van der Waals surface area contributed by atoms with Crippen LogP contribution in [0.4, 0.5) is 0 Å². The van der Waals surface area contributed by atoms with Crippen molar-refractivity contribution in [3.63, 3.8) is 0 Å². The number of rotatable bonds is 3. The third-order valence-electron chi connectivity index (χ3n) is 3.19. The van der Waals surface area contributed by atoms with Crippen LogP contribution in [0.1, 0.15) is 18.0 Å². The minimum absolute atomic E-state index is 0. The van der Waals surface area contributed by atoms with E-state index in [9.17, 15) is 9.59 Å². The van der Waals surface area contributed by atoms with Crippen molar-refractivity contribution in [2.24, 2.45) is 5.73 Å². The molecule has 1 fully saturated rings. The summed E-state index contributed by atoms with van der Waals surface area (Å²) in [6.45, 7) is 0.671. The van der Waals surface area contributed by atoms with Crippen LogP contribution in [0.3, 0.4) is 0 Å². The maximum atomic E-state index is 11.9. The lowest BCUT2D eigenvalue weighted by Gasteiger charge is -2.16. The highest BCUT2D eigenvalue weighted by Gasteiger charge is 2.31. The maximum absolute atomic E-state index is 11.9. The van der Waals surface area contributed by atoms with Crippen molar-refractivity contribution in [2.75, 3.05) is 13.6 Å². The van der Waals surface area contributed by atoms with Crippen LogP contribution in [0.2, 0.25) is 0 Å². The topological polar surface area (TPSA) is 75.4 Å². The highest BCUT2D eigenvalue weighted by atomic mass is 35.5. The Kier molecular flexibility index (Phi) is 5.32. The van der Waals surface area contributed by atoms with Crippen molar-refractivity contribution in [1.29, 1.82) is 0 Å². The summed E-state index contributed by atoms with van der Waals surface area (Å²) in [6, 6.07) is 7.96. The van der Waals surface area contributed by atoms with E-state index in [4.69, 9.17) is 5.73 Å². The Labute approximate surface area is 118 Å². The van der Waals surface area contributed by atoms with Crippen molar-refractivity contribution in [1.82, 2.24) is 10.2 Å². The fourth-order valence-corrected chi connectivity index (χ4v) is 2.03. The quantitative estimate of drug-likeness (QED) is 0.846. The number of likely N-dealkylation sites (tertiary alicyclic amines) is 1. The first-order valence-corrected chi connectivity index (χ1v) is 5.95. The molecular weight excluding hydrogens is 266 g/mol. The van der Waals surface area contributed by atoms with Crippen LogP contribution in [0.25, 0.3) is 0 Å². The van der Waals surface area contributed by atoms with Crippen LogP contribution in [-0.4, -0.2) is 36.3 Å². The zero-order valence-electron chi connectivity index (χ0n) is 10.7. The van der Waals surface area contributed by atoms with Crippen molar-refractivity contribution < 1.29 is 9.59 Å². The summed E-state index contributed by atoms with van der Waals surface area (Å²) in [6.07, 6.45) is 0.641. The van der Waals surface area contributed by atoms with Gasteiger partial charge in [0.25, 0.3) is 0 Å². The molecule has 5 nitrogen and oxygen atoms in total. The number of nitrogens with zero attached hydrogens (tertiary/aromatic N) is 1. The second kappa shape index (κ2) is 6.54. The van der Waals surface area contributed by atoms with Gasteiger partial charge >= 0.3 is 0 Å². The predicted octanol–water partition coefficient (Wildman–Crippen LogP) is 0.455. The summed E-state index contributed by atoms with van der Waals surface area (Å²) in [5.41, 5.74) is 6.60. The average Bonchev–Trinajstić information content (AvgIpc) is 2.71. The van der Waals surface area contributed by atoms with Crippen LogP contribution < -0.4 is 11.1 Å². The molecule has 0 spiro atoms. The predicted molar refractivity (Wildman–Crippen MR) is 74.8 cm³/mol. The molecule has 0 aliphatic carbocycles. The zero-order valence-corrected chi connectivity index (χ0v) is 11.5. The monoisotopic (exact) mass is 283 g/mol. The van der Waals surface area contributed by atoms with Crippen LogP contribution in [0.15, 0.2) is 30.3 Å². The molecule has 2 atom stereocenters. The number of hydrogen-bond acceptors (Lipinski definition) is 3. The molecule has 3 N–H and O–H groups in total. The number of likely N-dealkylation sites (N-methyl/N-ethyl adjacent to an activating group) is 1. The number of amides is 2. The summed E-state index contributed by atoms with van der Waals surface area (Å²) >= 11 is 0. The minimum atomic E-state index is -0.732. The van der Waals surface area contributed by atoms with E-state index in [0.29, 0.717) is 13.0 Å². The van der Waals surface area contributed by atoms with Gasteiger partial charge in [-0.05, 0) is 12.0 Å². The summed E-state index contributed by atoms with van der Waals surface area (Å²) < 4.78 is 0. The van der Waals surface area contributed by atoms with Gasteiger partial charge in [-0.2, -0.15) is 0 Å². The lowest BCUT2D eigenvalue weighted by molar-refractivity contribution is -0.132. The smallest absolute Gasteiger partial charge is 0.244 e. The van der Waals surface area contributed by atoms with Crippen LogP contribution >= 0.6 is 12.4 Å². The van der Waals surface area contributed by atoms with Gasteiger partial charge in [0.2, 0.25) is 11.8 Å². The van der Waals surface area contributed by atoms with Gasteiger partial charge in [-0.15, -0.1) is 12.4 Å². The van der Waals surface area contributed by atoms with Gasteiger partial charge in [0.15, 0.2) is 0 Å². The van der Waals surface area contributed by atoms with Gasteiger partial charge in [0, 0.05) is 13.6 Å². The molecule has 0 aromatic heterocycles. The number of benzene rings is 1. The zero-order chi connectivity index (χ0) is 13.1. The van der Waals surface area contributed by atoms with Crippen molar-refractivity contribution in [2.45, 2.75) is 18.5 Å². The maximum Gasteiger partial charge on any atom is 0.244 e. The highest BCUT2D eigenvalue weighted by Crippen LogP contribution is 2.12. The first-order chi connectivity index (χ1) is 8.59. The van der Waals surface area contributed by atoms with E-state index >= 15 is 0 Å². The second-order valence-corrected chi connectivity index (χ2v) is 4.50. The van der Waals surface area contributed by atoms with E-state index < -0.39 is 12.1 Å². The molecule has 6 heteroatoms. The molecule has 0 saturated carbocycles. The second-order valence-electron chi connectivity index (χ2n) is 4.50. The van der Waals surface area contributed by atoms with E-state index in [-0.39, 0.29) is 24.2 Å². The molecule has 104 valence electrons. The first kappa shape index (κ1) is 15.5. The Morgan fingerprint density at radius 3 is 2.58 bits per heavy atom. The molecule has 2 rings (SSSR count). The molecule has 2 amide bonds. The molecule has 0 bridgehead atoms. The van der Waals surface area contributed by atoms with Gasteiger partial charge in [-0.1, -0.05) is 30.3 Å². The third-order valence-corrected chi connectivity index (χ3v) is 3.19. The lowest BCUT2D eigenvalue weighted by atomic mass is 10.1. The van der Waals surface area contributed by atoms with E-state index in [1.165, 1.54) is 0 Å². The number of carbonyl (C=O) groups excluding carboxylic acids is 2. The summed E-state index contributed by atoms with van der Waals surface area (Å²) in [5, 5.41) is 2.70. The van der Waals surface area contributed by atoms with Gasteiger partial charge in [0.05, 0.1) is 0 Å². The molecule has 1 aliphatic rings. The molecular formula is C13H18ClN3O2. The van der Waals surface area contributed by atoms with Crippen LogP contribution in [0, 0.1) is 0 Å². The Bertz CT molecular complexity index is 452. The van der Waals surface area contributed by atoms with E-state index in [2.05, 4.69) is 5.32 Å². The molecule has 2 unspecified atom stereocenters. The number of nitrogens with two attached hydrogens (primary N) is 1. The Morgan fingerprint density at radius 2 is 2.05 bits per heavy atom. The van der Waals surface area contributed by atoms with Gasteiger partial charge in [-0.3, -0.25) is 9.59 Å². The highest BCUT2D eigenvalue weighted by molar-refractivity contribution is 5.91.